The lowest BCUT2D eigenvalue weighted by Crippen LogP contribution is -2.33. The zero-order valence-corrected chi connectivity index (χ0v) is 13.6. The van der Waals surface area contributed by atoms with Crippen LogP contribution in [0.2, 0.25) is 0 Å². The largest absolute Gasteiger partial charge is 0.298 e. The predicted molar refractivity (Wildman–Crippen MR) is 90.2 cm³/mol. The van der Waals surface area contributed by atoms with Gasteiger partial charge in [0.05, 0.1) is 5.69 Å². The van der Waals surface area contributed by atoms with Gasteiger partial charge in [-0.2, -0.15) is 0 Å². The molecule has 116 valence electrons. The van der Waals surface area contributed by atoms with Gasteiger partial charge in [0.1, 0.15) is 0 Å². The second-order valence-electron chi connectivity index (χ2n) is 5.95. The van der Waals surface area contributed by atoms with Crippen molar-refractivity contribution in [3.63, 3.8) is 0 Å². The van der Waals surface area contributed by atoms with E-state index in [2.05, 4.69) is 22.1 Å². The van der Waals surface area contributed by atoms with Crippen molar-refractivity contribution < 1.29 is 4.79 Å². The van der Waals surface area contributed by atoms with Crippen molar-refractivity contribution in [1.29, 1.82) is 0 Å². The van der Waals surface area contributed by atoms with E-state index >= 15 is 0 Å². The molecule has 1 N–H and O–H groups in total. The summed E-state index contributed by atoms with van der Waals surface area (Å²) in [6, 6.07) is 9.23. The van der Waals surface area contributed by atoms with Crippen molar-refractivity contribution in [3.8, 4) is 0 Å². The van der Waals surface area contributed by atoms with Crippen molar-refractivity contribution in [2.75, 3.05) is 18.4 Å². The number of rotatable bonds is 4. The average molecular weight is 315 g/mol. The third kappa shape index (κ3) is 3.93. The van der Waals surface area contributed by atoms with E-state index < -0.39 is 0 Å². The Kier molecular flexibility index (Phi) is 4.85. The molecule has 1 saturated heterocycles. The number of thiazole rings is 1. The van der Waals surface area contributed by atoms with Crippen molar-refractivity contribution in [3.05, 3.63) is 47.0 Å². The minimum Gasteiger partial charge on any atom is -0.298 e. The van der Waals surface area contributed by atoms with E-state index in [1.54, 1.807) is 12.1 Å². The van der Waals surface area contributed by atoms with Gasteiger partial charge in [-0.05, 0) is 37.4 Å². The molecule has 1 atom stereocenters. The highest BCUT2D eigenvalue weighted by Crippen LogP contribution is 2.21. The fourth-order valence-corrected chi connectivity index (χ4v) is 3.55. The Hall–Kier alpha value is -1.72. The number of anilines is 1. The number of aromatic nitrogens is 1. The molecule has 0 spiro atoms. The second-order valence-corrected chi connectivity index (χ2v) is 6.80. The summed E-state index contributed by atoms with van der Waals surface area (Å²) in [5.74, 6) is 0.665. The van der Waals surface area contributed by atoms with E-state index in [1.807, 2.05) is 23.6 Å². The molecular weight excluding hydrogens is 294 g/mol. The molecule has 0 bridgehead atoms. The highest BCUT2D eigenvalue weighted by Gasteiger charge is 2.17. The van der Waals surface area contributed by atoms with Crippen LogP contribution in [0.4, 0.5) is 5.13 Å². The molecule has 2 aromatic rings. The molecule has 22 heavy (non-hydrogen) atoms. The smallest absolute Gasteiger partial charge is 0.257 e. The van der Waals surface area contributed by atoms with Crippen LogP contribution in [0.5, 0.6) is 0 Å². The van der Waals surface area contributed by atoms with Gasteiger partial charge in [-0.1, -0.05) is 25.1 Å². The van der Waals surface area contributed by atoms with Gasteiger partial charge >= 0.3 is 0 Å². The molecule has 1 fully saturated rings. The molecule has 5 heteroatoms. The highest BCUT2D eigenvalue weighted by molar-refractivity contribution is 7.13. The standard InChI is InChI=1S/C17H21N3OS/c1-13-6-5-9-20(10-13)11-15-12-22-17(18-15)19-16(21)14-7-3-2-4-8-14/h2-4,7-8,12-13H,5-6,9-11H2,1H3,(H,18,19,21)/t13-/m0/s1. The normalized spacial score (nSPS) is 19.0. The number of carbonyl (C=O) groups excluding carboxylic acids is 1. The number of piperidine rings is 1. The summed E-state index contributed by atoms with van der Waals surface area (Å²) < 4.78 is 0. The van der Waals surface area contributed by atoms with Gasteiger partial charge in [0, 0.05) is 24.0 Å². The molecular formula is C17H21N3OS. The number of nitrogens with zero attached hydrogens (tertiary/aromatic N) is 2. The Bertz CT molecular complexity index is 626. The number of nitrogens with one attached hydrogen (secondary N) is 1. The fourth-order valence-electron chi connectivity index (χ4n) is 2.86. The van der Waals surface area contributed by atoms with Crippen molar-refractivity contribution in [2.24, 2.45) is 5.92 Å². The molecule has 1 amide bonds. The molecule has 0 radical (unpaired) electrons. The number of likely N-dealkylation sites (tertiary alicyclic amines) is 1. The number of hydrogen-bond acceptors (Lipinski definition) is 4. The first kappa shape index (κ1) is 15.2. The Labute approximate surface area is 135 Å². The fraction of sp³-hybridized carbons (Fsp3) is 0.412. The minimum atomic E-state index is -0.104. The summed E-state index contributed by atoms with van der Waals surface area (Å²) in [6.07, 6.45) is 2.59. The molecule has 0 aliphatic carbocycles. The van der Waals surface area contributed by atoms with Crippen LogP contribution in [-0.4, -0.2) is 28.9 Å². The van der Waals surface area contributed by atoms with Crippen LogP contribution in [0.3, 0.4) is 0 Å². The van der Waals surface area contributed by atoms with E-state index in [-0.39, 0.29) is 5.91 Å². The first-order valence-corrected chi connectivity index (χ1v) is 8.62. The van der Waals surface area contributed by atoms with Gasteiger partial charge < -0.3 is 0 Å². The summed E-state index contributed by atoms with van der Waals surface area (Å²) in [4.78, 5) is 19.1. The molecule has 2 heterocycles. The van der Waals surface area contributed by atoms with E-state index in [1.165, 1.54) is 24.2 Å². The van der Waals surface area contributed by atoms with Crippen LogP contribution in [-0.2, 0) is 6.54 Å². The Morgan fingerprint density at radius 2 is 2.23 bits per heavy atom. The monoisotopic (exact) mass is 315 g/mol. The maximum atomic E-state index is 12.1. The van der Waals surface area contributed by atoms with E-state index in [4.69, 9.17) is 0 Å². The maximum Gasteiger partial charge on any atom is 0.257 e. The summed E-state index contributed by atoms with van der Waals surface area (Å²) in [5.41, 5.74) is 1.70. The summed E-state index contributed by atoms with van der Waals surface area (Å²) in [7, 11) is 0. The second kappa shape index (κ2) is 7.03. The lowest BCUT2D eigenvalue weighted by Gasteiger charge is -2.30. The van der Waals surface area contributed by atoms with Crippen LogP contribution in [0.15, 0.2) is 35.7 Å². The van der Waals surface area contributed by atoms with Crippen LogP contribution < -0.4 is 5.32 Å². The Morgan fingerprint density at radius 1 is 1.41 bits per heavy atom. The molecule has 0 unspecified atom stereocenters. The topological polar surface area (TPSA) is 45.2 Å². The van der Waals surface area contributed by atoms with Gasteiger partial charge in [-0.25, -0.2) is 4.98 Å². The highest BCUT2D eigenvalue weighted by atomic mass is 32.1. The molecule has 1 aromatic heterocycles. The Morgan fingerprint density at radius 3 is 3.00 bits per heavy atom. The van der Waals surface area contributed by atoms with E-state index in [9.17, 15) is 4.79 Å². The molecule has 0 saturated carbocycles. The lowest BCUT2D eigenvalue weighted by atomic mass is 10.0. The molecule has 1 aliphatic rings. The third-order valence-electron chi connectivity index (χ3n) is 3.93. The van der Waals surface area contributed by atoms with Gasteiger partial charge in [-0.15, -0.1) is 11.3 Å². The Balaban J connectivity index is 1.58. The number of hydrogen-bond donors (Lipinski definition) is 1. The quantitative estimate of drug-likeness (QED) is 0.937. The summed E-state index contributed by atoms with van der Waals surface area (Å²) in [5, 5.41) is 5.59. The van der Waals surface area contributed by atoms with Gasteiger partial charge in [-0.3, -0.25) is 15.0 Å². The minimum absolute atomic E-state index is 0.104. The molecule has 1 aliphatic heterocycles. The first-order valence-electron chi connectivity index (χ1n) is 7.74. The average Bonchev–Trinajstić information content (AvgIpc) is 2.95. The summed E-state index contributed by atoms with van der Waals surface area (Å²) in [6.45, 7) is 5.47. The predicted octanol–water partition coefficient (Wildman–Crippen LogP) is 3.63. The summed E-state index contributed by atoms with van der Waals surface area (Å²) >= 11 is 1.49. The van der Waals surface area contributed by atoms with Gasteiger partial charge in [0.2, 0.25) is 0 Å². The van der Waals surface area contributed by atoms with Crippen LogP contribution in [0, 0.1) is 5.92 Å². The zero-order chi connectivity index (χ0) is 15.4. The first-order chi connectivity index (χ1) is 10.7. The molecule has 3 rings (SSSR count). The van der Waals surface area contributed by atoms with E-state index in [0.29, 0.717) is 10.7 Å². The van der Waals surface area contributed by atoms with Crippen LogP contribution in [0.1, 0.15) is 35.8 Å². The zero-order valence-electron chi connectivity index (χ0n) is 12.8. The maximum absolute atomic E-state index is 12.1. The lowest BCUT2D eigenvalue weighted by molar-refractivity contribution is 0.102. The van der Waals surface area contributed by atoms with Crippen molar-refractivity contribution in [1.82, 2.24) is 9.88 Å². The van der Waals surface area contributed by atoms with Gasteiger partial charge in [0.25, 0.3) is 5.91 Å². The molecule has 4 nitrogen and oxygen atoms in total. The van der Waals surface area contributed by atoms with Crippen LogP contribution >= 0.6 is 11.3 Å². The number of carbonyl (C=O) groups is 1. The van der Waals surface area contributed by atoms with Gasteiger partial charge in [0.15, 0.2) is 5.13 Å². The van der Waals surface area contributed by atoms with Crippen LogP contribution in [0.25, 0.3) is 0 Å². The third-order valence-corrected chi connectivity index (χ3v) is 4.74. The molecule has 1 aromatic carbocycles. The van der Waals surface area contributed by atoms with Crippen molar-refractivity contribution in [2.45, 2.75) is 26.3 Å². The SMILES string of the molecule is C[C@H]1CCCN(Cc2csc(NC(=O)c3ccccc3)n2)C1. The number of amides is 1. The van der Waals surface area contributed by atoms with Crippen molar-refractivity contribution >= 4 is 22.4 Å². The van der Waals surface area contributed by atoms with E-state index in [0.717, 1.165) is 31.2 Å². The number of benzene rings is 1.